The summed E-state index contributed by atoms with van der Waals surface area (Å²) >= 11 is 0. The lowest BCUT2D eigenvalue weighted by Crippen LogP contribution is -2.48. The molecule has 1 aliphatic carbocycles. The number of piperidine rings is 1. The molecule has 0 spiro atoms. The van der Waals surface area contributed by atoms with Crippen molar-refractivity contribution in [3.05, 3.63) is 42.0 Å². The van der Waals surface area contributed by atoms with Gasteiger partial charge < -0.3 is 9.64 Å². The second kappa shape index (κ2) is 6.83. The zero-order valence-corrected chi connectivity index (χ0v) is 16.1. The maximum atomic E-state index is 13.0. The Morgan fingerprint density at radius 2 is 1.89 bits per heavy atom. The number of rotatable bonds is 5. The molecule has 2 atom stereocenters. The minimum atomic E-state index is 0.170. The number of fused-ring (bicyclic) bond motifs is 5. The molecule has 4 fully saturated rings. The highest BCUT2D eigenvalue weighted by Crippen LogP contribution is 2.37. The van der Waals surface area contributed by atoms with Crippen LogP contribution in [-0.2, 0) is 11.3 Å². The summed E-state index contributed by atoms with van der Waals surface area (Å²) in [5, 5.41) is 2.51. The van der Waals surface area contributed by atoms with Crippen molar-refractivity contribution in [3.8, 4) is 5.75 Å². The van der Waals surface area contributed by atoms with Crippen molar-refractivity contribution in [1.29, 1.82) is 0 Å². The second-order valence-electron chi connectivity index (χ2n) is 8.52. The molecule has 2 aromatic carbocycles. The fourth-order valence-electron chi connectivity index (χ4n) is 4.97. The summed E-state index contributed by atoms with van der Waals surface area (Å²) in [4.78, 5) is 17.7. The fraction of sp³-hybridized carbons (Fsp3) is 0.522. The van der Waals surface area contributed by atoms with Gasteiger partial charge in [-0.05, 0) is 48.4 Å². The van der Waals surface area contributed by atoms with E-state index in [0.717, 1.165) is 50.7 Å². The first kappa shape index (κ1) is 17.1. The molecule has 2 aromatic rings. The van der Waals surface area contributed by atoms with Gasteiger partial charge in [0.05, 0.1) is 13.0 Å². The zero-order valence-electron chi connectivity index (χ0n) is 16.1. The quantitative estimate of drug-likeness (QED) is 0.811. The molecule has 2 bridgehead atoms. The summed E-state index contributed by atoms with van der Waals surface area (Å²) in [5.74, 6) is 2.29. The lowest BCUT2D eigenvalue weighted by atomic mass is 9.94. The van der Waals surface area contributed by atoms with Gasteiger partial charge in [0.15, 0.2) is 0 Å². The number of carbonyl (C=O) groups excluding carboxylic acids is 1. The number of benzene rings is 2. The van der Waals surface area contributed by atoms with E-state index in [4.69, 9.17) is 4.74 Å². The number of ether oxygens (including phenoxy) is 1. The Labute approximate surface area is 161 Å². The standard InChI is InChI=1S/C23H28N2O2/c1-27-22-11-9-17-4-2-3-5-20(17)21(22)15-24-13-18-8-10-19(14-24)25(23(18)26)12-16-6-7-16/h2-5,9,11,16,18-19H,6-8,10,12-15H2,1H3/t18-,19+/m1/s1. The van der Waals surface area contributed by atoms with E-state index in [1.165, 1.54) is 29.2 Å². The van der Waals surface area contributed by atoms with Gasteiger partial charge >= 0.3 is 0 Å². The van der Waals surface area contributed by atoms with Gasteiger partial charge in [0, 0.05) is 37.8 Å². The molecular formula is C23H28N2O2. The minimum Gasteiger partial charge on any atom is -0.496 e. The number of amides is 1. The molecule has 0 N–H and O–H groups in total. The summed E-state index contributed by atoms with van der Waals surface area (Å²) in [6, 6.07) is 13.1. The van der Waals surface area contributed by atoms with Crippen LogP contribution >= 0.6 is 0 Å². The summed E-state index contributed by atoms with van der Waals surface area (Å²) in [5.41, 5.74) is 1.25. The zero-order chi connectivity index (χ0) is 18.4. The maximum Gasteiger partial charge on any atom is 0.227 e. The van der Waals surface area contributed by atoms with Gasteiger partial charge in [0.1, 0.15) is 5.75 Å². The maximum absolute atomic E-state index is 13.0. The largest absolute Gasteiger partial charge is 0.496 e. The van der Waals surface area contributed by atoms with E-state index in [1.54, 1.807) is 7.11 Å². The molecule has 142 valence electrons. The molecule has 4 aliphatic rings. The Balaban J connectivity index is 1.43. The highest BCUT2D eigenvalue weighted by atomic mass is 16.5. The van der Waals surface area contributed by atoms with E-state index in [0.29, 0.717) is 11.9 Å². The molecule has 0 radical (unpaired) electrons. The average Bonchev–Trinajstić information content (AvgIpc) is 3.53. The number of hydrogen-bond donors (Lipinski definition) is 0. The predicted octanol–water partition coefficient (Wildman–Crippen LogP) is 3.68. The molecule has 6 rings (SSSR count). The van der Waals surface area contributed by atoms with Gasteiger partial charge in [-0.2, -0.15) is 0 Å². The normalized spacial score (nSPS) is 25.8. The molecule has 0 unspecified atom stereocenters. The van der Waals surface area contributed by atoms with Crippen molar-refractivity contribution in [2.75, 3.05) is 26.7 Å². The highest BCUT2D eigenvalue weighted by Gasteiger charge is 2.42. The van der Waals surface area contributed by atoms with E-state index in [1.807, 2.05) is 0 Å². The molecule has 4 nitrogen and oxygen atoms in total. The van der Waals surface area contributed by atoms with Gasteiger partial charge in [-0.15, -0.1) is 0 Å². The van der Waals surface area contributed by atoms with Crippen LogP contribution in [0.2, 0.25) is 0 Å². The van der Waals surface area contributed by atoms with Gasteiger partial charge in [-0.1, -0.05) is 30.3 Å². The summed E-state index contributed by atoms with van der Waals surface area (Å²) in [6.07, 6.45) is 4.82. The molecule has 1 amide bonds. The van der Waals surface area contributed by atoms with Crippen molar-refractivity contribution in [3.63, 3.8) is 0 Å². The monoisotopic (exact) mass is 364 g/mol. The molecule has 3 saturated heterocycles. The number of nitrogens with zero attached hydrogens (tertiary/aromatic N) is 2. The Kier molecular flexibility index (Phi) is 4.31. The van der Waals surface area contributed by atoms with Crippen LogP contribution in [0.3, 0.4) is 0 Å². The van der Waals surface area contributed by atoms with Gasteiger partial charge in [0.2, 0.25) is 5.91 Å². The third-order valence-corrected chi connectivity index (χ3v) is 6.62. The number of hydrogen-bond acceptors (Lipinski definition) is 3. The van der Waals surface area contributed by atoms with Crippen molar-refractivity contribution >= 4 is 16.7 Å². The molecule has 3 heterocycles. The first-order valence-electron chi connectivity index (χ1n) is 10.3. The van der Waals surface area contributed by atoms with E-state index in [9.17, 15) is 4.79 Å². The Morgan fingerprint density at radius 1 is 1.04 bits per heavy atom. The molecule has 0 aromatic heterocycles. The highest BCUT2D eigenvalue weighted by molar-refractivity contribution is 5.87. The van der Waals surface area contributed by atoms with Gasteiger partial charge in [0.25, 0.3) is 0 Å². The third-order valence-electron chi connectivity index (χ3n) is 6.62. The molecule has 1 saturated carbocycles. The van der Waals surface area contributed by atoms with Crippen molar-refractivity contribution in [2.45, 2.75) is 38.3 Å². The molecular weight excluding hydrogens is 336 g/mol. The van der Waals surface area contributed by atoms with E-state index < -0.39 is 0 Å². The summed E-state index contributed by atoms with van der Waals surface area (Å²) in [6.45, 7) is 3.71. The molecule has 3 aliphatic heterocycles. The van der Waals surface area contributed by atoms with Crippen LogP contribution in [0.4, 0.5) is 0 Å². The number of carbonyl (C=O) groups is 1. The fourth-order valence-corrected chi connectivity index (χ4v) is 4.97. The lowest BCUT2D eigenvalue weighted by molar-refractivity contribution is -0.140. The summed E-state index contributed by atoms with van der Waals surface area (Å²) in [7, 11) is 1.75. The van der Waals surface area contributed by atoms with Crippen LogP contribution in [0.15, 0.2) is 36.4 Å². The van der Waals surface area contributed by atoms with Crippen LogP contribution in [-0.4, -0.2) is 48.5 Å². The first-order chi connectivity index (χ1) is 13.2. The van der Waals surface area contributed by atoms with E-state index in [-0.39, 0.29) is 5.92 Å². The van der Waals surface area contributed by atoms with Crippen molar-refractivity contribution in [2.24, 2.45) is 11.8 Å². The Bertz CT molecular complexity index is 861. The number of methoxy groups -OCH3 is 1. The van der Waals surface area contributed by atoms with Crippen LogP contribution < -0.4 is 4.74 Å². The van der Waals surface area contributed by atoms with Gasteiger partial charge in [-0.3, -0.25) is 9.69 Å². The van der Waals surface area contributed by atoms with Crippen LogP contribution in [0.25, 0.3) is 10.8 Å². The average molecular weight is 364 g/mol. The Hall–Kier alpha value is -2.07. The van der Waals surface area contributed by atoms with E-state index in [2.05, 4.69) is 46.2 Å². The summed E-state index contributed by atoms with van der Waals surface area (Å²) < 4.78 is 5.69. The van der Waals surface area contributed by atoms with Crippen LogP contribution in [0.1, 0.15) is 31.2 Å². The minimum absolute atomic E-state index is 0.170. The smallest absolute Gasteiger partial charge is 0.227 e. The van der Waals surface area contributed by atoms with Crippen LogP contribution in [0, 0.1) is 11.8 Å². The third kappa shape index (κ3) is 3.20. The predicted molar refractivity (Wildman–Crippen MR) is 107 cm³/mol. The van der Waals surface area contributed by atoms with Gasteiger partial charge in [-0.25, -0.2) is 0 Å². The Morgan fingerprint density at radius 3 is 2.70 bits per heavy atom. The topological polar surface area (TPSA) is 32.8 Å². The van der Waals surface area contributed by atoms with Crippen LogP contribution in [0.5, 0.6) is 5.75 Å². The van der Waals surface area contributed by atoms with E-state index >= 15 is 0 Å². The molecule has 27 heavy (non-hydrogen) atoms. The first-order valence-corrected chi connectivity index (χ1v) is 10.3. The van der Waals surface area contributed by atoms with Crippen molar-refractivity contribution < 1.29 is 9.53 Å². The molecule has 4 heteroatoms. The second-order valence-corrected chi connectivity index (χ2v) is 8.52. The van der Waals surface area contributed by atoms with Crippen molar-refractivity contribution in [1.82, 2.24) is 9.80 Å². The lowest BCUT2D eigenvalue weighted by Gasteiger charge is -2.36. The SMILES string of the molecule is COc1ccc2ccccc2c1CN1C[C@H]2CC[C@@H](C1)N(CC1CC1)C2=O.